The number of likely N-dealkylation sites (tertiary alicyclic amines) is 1. The summed E-state index contributed by atoms with van der Waals surface area (Å²) in [6.07, 6.45) is 3.71. The molecule has 0 spiro atoms. The molecule has 8 nitrogen and oxygen atoms in total. The zero-order valence-corrected chi connectivity index (χ0v) is 20.2. The molecular weight excluding hydrogens is 459 g/mol. The second kappa shape index (κ2) is 10.8. The lowest BCUT2D eigenvalue weighted by molar-refractivity contribution is -0.140. The van der Waals surface area contributed by atoms with Crippen LogP contribution in [0.5, 0.6) is 0 Å². The number of rotatable bonds is 5. The molecule has 0 bridgehead atoms. The number of piperidine rings is 1. The highest BCUT2D eigenvalue weighted by Crippen LogP contribution is 2.26. The molecule has 2 aliphatic rings. The molecule has 1 aromatic carbocycles. The first kappa shape index (κ1) is 25.4. The van der Waals surface area contributed by atoms with Gasteiger partial charge >= 0.3 is 0 Å². The summed E-state index contributed by atoms with van der Waals surface area (Å²) in [5, 5.41) is 8.13. The zero-order chi connectivity index (χ0) is 25.0. The van der Waals surface area contributed by atoms with Gasteiger partial charge in [-0.25, -0.2) is 4.39 Å². The molecule has 0 aromatic heterocycles. The molecule has 1 fully saturated rings. The number of amidine groups is 1. The minimum absolute atomic E-state index is 0.0149. The predicted octanol–water partition coefficient (Wildman–Crippen LogP) is 2.41. The summed E-state index contributed by atoms with van der Waals surface area (Å²) in [4.78, 5) is 44.3. The van der Waals surface area contributed by atoms with Crippen molar-refractivity contribution in [3.05, 3.63) is 57.8 Å². The SMILES string of the molecule is COC1=NC(=N)/C(=C(\S)C(=O)C(=O)N(C)C)C=C1C(=O)N1CCC(Cc2ccc(F)cc2)CC1. The van der Waals surface area contributed by atoms with Crippen molar-refractivity contribution < 1.29 is 23.5 Å². The highest BCUT2D eigenvalue weighted by molar-refractivity contribution is 7.86. The van der Waals surface area contributed by atoms with Crippen LogP contribution < -0.4 is 0 Å². The molecule has 0 atom stereocenters. The fourth-order valence-electron chi connectivity index (χ4n) is 3.88. The lowest BCUT2D eigenvalue weighted by atomic mass is 9.90. The molecule has 2 aliphatic heterocycles. The quantitative estimate of drug-likeness (QED) is 0.379. The van der Waals surface area contributed by atoms with Crippen LogP contribution >= 0.6 is 12.6 Å². The highest BCUT2D eigenvalue weighted by Gasteiger charge is 2.32. The number of ether oxygens (including phenoxy) is 1. The van der Waals surface area contributed by atoms with E-state index in [1.165, 1.54) is 39.4 Å². The van der Waals surface area contributed by atoms with E-state index in [0.29, 0.717) is 19.0 Å². The third-order valence-electron chi connectivity index (χ3n) is 5.82. The number of ketones is 1. The van der Waals surface area contributed by atoms with Crippen LogP contribution in [0.15, 0.2) is 51.4 Å². The number of carbonyl (C=O) groups excluding carboxylic acids is 3. The molecule has 2 heterocycles. The smallest absolute Gasteiger partial charge is 0.295 e. The van der Waals surface area contributed by atoms with Crippen molar-refractivity contribution in [1.29, 1.82) is 5.41 Å². The van der Waals surface area contributed by atoms with Crippen LogP contribution in [0.3, 0.4) is 0 Å². The standard InChI is InChI=1S/C24H27FN4O4S/c1-28(2)24(32)19(30)20(34)17-13-18(22(33-3)27-21(17)26)23(31)29-10-8-15(9-11-29)12-14-4-6-16(25)7-5-14/h4-7,13,15,26,34H,8-12H2,1-3H3/b20-17-,26-21?. The molecule has 0 unspecified atom stereocenters. The maximum atomic E-state index is 13.3. The van der Waals surface area contributed by atoms with Crippen molar-refractivity contribution in [2.75, 3.05) is 34.3 Å². The van der Waals surface area contributed by atoms with E-state index in [1.54, 1.807) is 17.0 Å². The van der Waals surface area contributed by atoms with Crippen LogP contribution in [0.25, 0.3) is 0 Å². The maximum absolute atomic E-state index is 13.3. The van der Waals surface area contributed by atoms with E-state index in [-0.39, 0.29) is 39.5 Å². The van der Waals surface area contributed by atoms with Gasteiger partial charge in [-0.3, -0.25) is 19.8 Å². The molecule has 1 aromatic rings. The summed E-state index contributed by atoms with van der Waals surface area (Å²) in [6, 6.07) is 6.46. The van der Waals surface area contributed by atoms with Gasteiger partial charge in [-0.2, -0.15) is 4.99 Å². The van der Waals surface area contributed by atoms with E-state index >= 15 is 0 Å². The first-order valence-electron chi connectivity index (χ1n) is 10.8. The Labute approximate surface area is 203 Å². The summed E-state index contributed by atoms with van der Waals surface area (Å²) < 4.78 is 18.4. The fraction of sp³-hybridized carbons (Fsp3) is 0.375. The topological polar surface area (TPSA) is 103 Å². The van der Waals surface area contributed by atoms with Gasteiger partial charge in [-0.15, -0.1) is 12.6 Å². The van der Waals surface area contributed by atoms with Gasteiger partial charge in [0, 0.05) is 32.8 Å². The van der Waals surface area contributed by atoms with Crippen LogP contribution in [0.1, 0.15) is 18.4 Å². The van der Waals surface area contributed by atoms with Crippen molar-refractivity contribution in [1.82, 2.24) is 9.80 Å². The van der Waals surface area contributed by atoms with Gasteiger partial charge in [-0.1, -0.05) is 12.1 Å². The Hall–Kier alpha value is -3.27. The van der Waals surface area contributed by atoms with E-state index in [2.05, 4.69) is 17.6 Å². The molecule has 34 heavy (non-hydrogen) atoms. The molecule has 1 N–H and O–H groups in total. The van der Waals surface area contributed by atoms with E-state index < -0.39 is 11.7 Å². The number of benzene rings is 1. The third-order valence-corrected chi connectivity index (χ3v) is 6.27. The first-order chi connectivity index (χ1) is 16.1. The van der Waals surface area contributed by atoms with E-state index in [9.17, 15) is 18.8 Å². The average molecular weight is 487 g/mol. The second-order valence-electron chi connectivity index (χ2n) is 8.38. The average Bonchev–Trinajstić information content (AvgIpc) is 2.83. The van der Waals surface area contributed by atoms with Gasteiger partial charge in [0.25, 0.3) is 17.6 Å². The largest absolute Gasteiger partial charge is 0.480 e. The number of nitrogens with zero attached hydrogens (tertiary/aromatic N) is 3. The fourth-order valence-corrected chi connectivity index (χ4v) is 4.14. The molecule has 3 rings (SSSR count). The van der Waals surface area contributed by atoms with Crippen molar-refractivity contribution >= 4 is 42.0 Å². The number of likely N-dealkylation sites (N-methyl/N-ethyl adjacent to an activating group) is 1. The van der Waals surface area contributed by atoms with E-state index in [4.69, 9.17) is 10.1 Å². The molecule has 1 saturated heterocycles. The Morgan fingerprint density at radius 2 is 1.82 bits per heavy atom. The lowest BCUT2D eigenvalue weighted by Crippen LogP contribution is -2.41. The van der Waals surface area contributed by atoms with Crippen molar-refractivity contribution in [3.63, 3.8) is 0 Å². The number of nitrogens with one attached hydrogen (secondary N) is 1. The summed E-state index contributed by atoms with van der Waals surface area (Å²) in [5.74, 6) is -2.27. The molecule has 180 valence electrons. The Morgan fingerprint density at radius 1 is 1.21 bits per heavy atom. The number of methoxy groups -OCH3 is 1. The predicted molar refractivity (Wildman–Crippen MR) is 129 cm³/mol. The van der Waals surface area contributed by atoms with Crippen molar-refractivity contribution in [2.24, 2.45) is 10.9 Å². The zero-order valence-electron chi connectivity index (χ0n) is 19.3. The van der Waals surface area contributed by atoms with E-state index in [0.717, 1.165) is 29.7 Å². The third kappa shape index (κ3) is 5.61. The van der Waals surface area contributed by atoms with Gasteiger partial charge in [0.2, 0.25) is 5.90 Å². The normalized spacial score (nSPS) is 18.1. The van der Waals surface area contributed by atoms with Crippen LogP contribution in [0, 0.1) is 17.1 Å². The Kier molecular flexibility index (Phi) is 8.03. The highest BCUT2D eigenvalue weighted by atomic mass is 32.1. The summed E-state index contributed by atoms with van der Waals surface area (Å²) >= 11 is 4.16. The monoisotopic (exact) mass is 486 g/mol. The first-order valence-corrected chi connectivity index (χ1v) is 11.2. The lowest BCUT2D eigenvalue weighted by Gasteiger charge is -2.33. The Bertz CT molecular complexity index is 1100. The molecule has 10 heteroatoms. The molecule has 0 radical (unpaired) electrons. The van der Waals surface area contributed by atoms with Gasteiger partial charge in [-0.05, 0) is 49.0 Å². The van der Waals surface area contributed by atoms with Crippen LogP contribution in [0.2, 0.25) is 0 Å². The number of aliphatic imine (C=N–C) groups is 1. The van der Waals surface area contributed by atoms with Crippen molar-refractivity contribution in [2.45, 2.75) is 19.3 Å². The molecule has 0 aliphatic carbocycles. The number of hydrogen-bond donors (Lipinski definition) is 2. The number of amides is 2. The Morgan fingerprint density at radius 3 is 2.38 bits per heavy atom. The van der Waals surface area contributed by atoms with Crippen LogP contribution in [0.4, 0.5) is 4.39 Å². The molecule has 0 saturated carbocycles. The minimum atomic E-state index is -0.895. The van der Waals surface area contributed by atoms with Crippen LogP contribution in [-0.4, -0.2) is 73.4 Å². The van der Waals surface area contributed by atoms with Crippen LogP contribution in [-0.2, 0) is 25.5 Å². The number of halogens is 1. The van der Waals surface area contributed by atoms with Gasteiger partial charge < -0.3 is 14.5 Å². The second-order valence-corrected chi connectivity index (χ2v) is 8.83. The summed E-state index contributed by atoms with van der Waals surface area (Å²) in [7, 11) is 4.22. The minimum Gasteiger partial charge on any atom is -0.480 e. The number of Topliss-reactive ketones (excluding diaryl/α,β-unsaturated/α-hetero) is 1. The molecule has 2 amide bonds. The number of dihydropyridines is 1. The number of carbonyl (C=O) groups is 3. The number of hydrogen-bond acceptors (Lipinski definition) is 6. The maximum Gasteiger partial charge on any atom is 0.295 e. The summed E-state index contributed by atoms with van der Waals surface area (Å²) in [6.45, 7) is 1.03. The molecular formula is C24H27FN4O4S. The van der Waals surface area contributed by atoms with Gasteiger partial charge in [0.1, 0.15) is 11.4 Å². The van der Waals surface area contributed by atoms with Gasteiger partial charge in [0.05, 0.1) is 12.0 Å². The summed E-state index contributed by atoms with van der Waals surface area (Å²) in [5.41, 5.74) is 1.14. The Balaban J connectivity index is 1.76. The van der Waals surface area contributed by atoms with Crippen molar-refractivity contribution in [3.8, 4) is 0 Å². The van der Waals surface area contributed by atoms with E-state index in [1.807, 2.05) is 0 Å². The van der Waals surface area contributed by atoms with Gasteiger partial charge in [0.15, 0.2) is 5.84 Å². The number of thiol groups is 1.